The highest BCUT2D eigenvalue weighted by molar-refractivity contribution is 7.26. The lowest BCUT2D eigenvalue weighted by molar-refractivity contribution is 0.669. The van der Waals surface area contributed by atoms with Gasteiger partial charge in [-0.1, -0.05) is 115 Å². The third-order valence-corrected chi connectivity index (χ3v) is 8.89. The second kappa shape index (κ2) is 9.97. The predicted molar refractivity (Wildman–Crippen MR) is 182 cm³/mol. The lowest BCUT2D eigenvalue weighted by atomic mass is 9.97. The molecule has 206 valence electrons. The van der Waals surface area contributed by atoms with Crippen LogP contribution in [-0.2, 0) is 0 Å². The molecule has 44 heavy (non-hydrogen) atoms. The van der Waals surface area contributed by atoms with E-state index < -0.39 is 0 Å². The zero-order chi connectivity index (χ0) is 34.3. The van der Waals surface area contributed by atoms with Gasteiger partial charge in [-0.2, -0.15) is 0 Å². The number of benzene rings is 6. The summed E-state index contributed by atoms with van der Waals surface area (Å²) in [5.74, 6) is 0.718. The summed E-state index contributed by atoms with van der Waals surface area (Å²) in [6.45, 7) is 0. The standard InChI is InChI=1S/C39H23N3OS/c1-3-11-24(12-4-1)37-40-38(25-13-5-2-6-14-25)42-39(41-37)26-21-22-31-33(23-26)43-32-19-10-16-28(35(31)32)30-18-9-17-29-27-15-7-8-20-34(27)44-36(29)30/h1-23H/i10D,16D,19D,21D,22D,23D. The summed E-state index contributed by atoms with van der Waals surface area (Å²) in [5.41, 5.74) is 2.35. The zero-order valence-electron chi connectivity index (χ0n) is 29.0. The van der Waals surface area contributed by atoms with E-state index in [0.717, 1.165) is 20.2 Å². The molecular formula is C39H23N3OS. The average molecular weight is 588 g/mol. The summed E-state index contributed by atoms with van der Waals surface area (Å²) in [5, 5.41) is 2.45. The molecule has 0 fully saturated rings. The first kappa shape index (κ1) is 19.5. The van der Waals surface area contributed by atoms with E-state index in [-0.39, 0.29) is 69.6 Å². The van der Waals surface area contributed by atoms with E-state index in [1.165, 1.54) is 0 Å². The Morgan fingerprint density at radius 1 is 0.523 bits per heavy atom. The van der Waals surface area contributed by atoms with Gasteiger partial charge < -0.3 is 4.42 Å². The Morgan fingerprint density at radius 3 is 1.93 bits per heavy atom. The number of furan rings is 1. The molecule has 0 unspecified atom stereocenters. The lowest BCUT2D eigenvalue weighted by Gasteiger charge is -2.08. The Balaban J connectivity index is 1.36. The van der Waals surface area contributed by atoms with E-state index in [9.17, 15) is 4.11 Å². The van der Waals surface area contributed by atoms with Crippen molar-refractivity contribution in [3.8, 4) is 45.3 Å². The minimum Gasteiger partial charge on any atom is -0.456 e. The summed E-state index contributed by atoms with van der Waals surface area (Å²) in [4.78, 5) is 14.1. The molecule has 0 aliphatic heterocycles. The molecule has 0 aliphatic rings. The maximum absolute atomic E-state index is 9.40. The van der Waals surface area contributed by atoms with E-state index in [1.807, 2.05) is 103 Å². The van der Waals surface area contributed by atoms with Gasteiger partial charge in [0.25, 0.3) is 0 Å². The van der Waals surface area contributed by atoms with Crippen LogP contribution in [0.25, 0.3) is 87.4 Å². The predicted octanol–water partition coefficient (Wildman–Crippen LogP) is 10.8. The molecule has 0 bridgehead atoms. The maximum Gasteiger partial charge on any atom is 0.164 e. The summed E-state index contributed by atoms with van der Waals surface area (Å²) in [6, 6.07) is 30.9. The molecule has 3 heterocycles. The number of hydrogen-bond donors (Lipinski definition) is 0. The molecule has 6 aromatic carbocycles. The molecule has 0 N–H and O–H groups in total. The van der Waals surface area contributed by atoms with Gasteiger partial charge in [0, 0.05) is 53.2 Å². The molecule has 0 aliphatic carbocycles. The molecule has 0 spiro atoms. The smallest absolute Gasteiger partial charge is 0.164 e. The van der Waals surface area contributed by atoms with E-state index in [0.29, 0.717) is 33.9 Å². The first-order chi connectivity index (χ1) is 24.3. The molecular weight excluding hydrogens is 559 g/mol. The second-order valence-corrected chi connectivity index (χ2v) is 11.4. The Hall–Kier alpha value is -5.65. The maximum atomic E-state index is 9.40. The molecule has 4 nitrogen and oxygen atoms in total. The summed E-state index contributed by atoms with van der Waals surface area (Å²) >= 11 is 1.56. The van der Waals surface area contributed by atoms with Crippen molar-refractivity contribution >= 4 is 53.4 Å². The van der Waals surface area contributed by atoms with Crippen molar-refractivity contribution < 1.29 is 12.6 Å². The van der Waals surface area contributed by atoms with Crippen LogP contribution in [0.3, 0.4) is 0 Å². The van der Waals surface area contributed by atoms with E-state index in [4.69, 9.17) is 23.5 Å². The van der Waals surface area contributed by atoms with Crippen molar-refractivity contribution in [3.05, 3.63) is 139 Å². The summed E-state index contributed by atoms with van der Waals surface area (Å²) in [6.07, 6.45) is 0. The third-order valence-electron chi connectivity index (χ3n) is 7.67. The van der Waals surface area contributed by atoms with E-state index in [1.54, 1.807) is 11.3 Å². The number of thiophene rings is 1. The van der Waals surface area contributed by atoms with Crippen LogP contribution in [0.5, 0.6) is 0 Å². The van der Waals surface area contributed by atoms with Crippen LogP contribution in [-0.4, -0.2) is 15.0 Å². The number of nitrogens with zero attached hydrogens (tertiary/aromatic N) is 3. The highest BCUT2D eigenvalue weighted by Crippen LogP contribution is 2.44. The summed E-state index contributed by atoms with van der Waals surface area (Å²) in [7, 11) is 0. The van der Waals surface area contributed by atoms with Gasteiger partial charge in [0.05, 0.1) is 8.22 Å². The van der Waals surface area contributed by atoms with Gasteiger partial charge in [0.1, 0.15) is 11.2 Å². The Labute approximate surface area is 265 Å². The van der Waals surface area contributed by atoms with Crippen molar-refractivity contribution in [2.75, 3.05) is 0 Å². The number of fused-ring (bicyclic) bond motifs is 6. The van der Waals surface area contributed by atoms with E-state index in [2.05, 4.69) is 0 Å². The van der Waals surface area contributed by atoms with Crippen LogP contribution in [0.4, 0.5) is 0 Å². The third kappa shape index (κ3) is 4.02. The van der Waals surface area contributed by atoms with Crippen LogP contribution in [0, 0.1) is 0 Å². The highest BCUT2D eigenvalue weighted by atomic mass is 32.1. The molecule has 5 heteroatoms. The second-order valence-electron chi connectivity index (χ2n) is 10.3. The van der Waals surface area contributed by atoms with Gasteiger partial charge in [-0.05, 0) is 29.8 Å². The van der Waals surface area contributed by atoms with Crippen LogP contribution in [0.1, 0.15) is 8.22 Å². The Kier molecular flexibility index (Phi) is 4.42. The van der Waals surface area contributed by atoms with Gasteiger partial charge in [-0.15, -0.1) is 11.3 Å². The van der Waals surface area contributed by atoms with Crippen molar-refractivity contribution in [1.29, 1.82) is 0 Å². The largest absolute Gasteiger partial charge is 0.456 e. The van der Waals surface area contributed by atoms with Crippen LogP contribution >= 0.6 is 11.3 Å². The fourth-order valence-electron chi connectivity index (χ4n) is 5.63. The molecule has 0 amide bonds. The Bertz CT molecular complexity index is 2780. The summed E-state index contributed by atoms with van der Waals surface area (Å²) < 4.78 is 62.9. The van der Waals surface area contributed by atoms with Crippen molar-refractivity contribution in [1.82, 2.24) is 15.0 Å². The first-order valence-corrected chi connectivity index (χ1v) is 14.9. The topological polar surface area (TPSA) is 51.8 Å². The molecule has 0 saturated carbocycles. The van der Waals surface area contributed by atoms with E-state index >= 15 is 0 Å². The van der Waals surface area contributed by atoms with Crippen LogP contribution in [0.2, 0.25) is 0 Å². The van der Waals surface area contributed by atoms with Crippen molar-refractivity contribution in [2.24, 2.45) is 0 Å². The molecule has 0 radical (unpaired) electrons. The fourth-order valence-corrected chi connectivity index (χ4v) is 6.85. The highest BCUT2D eigenvalue weighted by Gasteiger charge is 2.18. The van der Waals surface area contributed by atoms with Gasteiger partial charge >= 0.3 is 0 Å². The van der Waals surface area contributed by atoms with Gasteiger partial charge in [0.2, 0.25) is 0 Å². The van der Waals surface area contributed by atoms with Gasteiger partial charge in [0.15, 0.2) is 17.5 Å². The average Bonchev–Trinajstić information content (AvgIpc) is 3.74. The van der Waals surface area contributed by atoms with Crippen LogP contribution < -0.4 is 0 Å². The number of aromatic nitrogens is 3. The normalized spacial score (nSPS) is 13.5. The monoisotopic (exact) mass is 587 g/mol. The van der Waals surface area contributed by atoms with Gasteiger partial charge in [-0.25, -0.2) is 15.0 Å². The molecule has 0 atom stereocenters. The quantitative estimate of drug-likeness (QED) is 0.205. The number of rotatable bonds is 4. The minimum absolute atomic E-state index is 0.0155. The molecule has 0 saturated heterocycles. The van der Waals surface area contributed by atoms with Crippen molar-refractivity contribution in [3.63, 3.8) is 0 Å². The first-order valence-electron chi connectivity index (χ1n) is 17.1. The van der Waals surface area contributed by atoms with Crippen molar-refractivity contribution in [2.45, 2.75) is 0 Å². The SMILES string of the molecule is [2H]c1c([2H])c(-c2cccc3c2sc2ccccc23)c2c(oc3c([2H])c(-c4nc(-c5ccccc5)nc(-c5ccccc5)n4)c([2H])c([2H])c32)c1[2H]. The Morgan fingerprint density at radius 2 is 1.18 bits per heavy atom. The number of hydrogen-bond acceptors (Lipinski definition) is 5. The fraction of sp³-hybridized carbons (Fsp3) is 0. The van der Waals surface area contributed by atoms with Gasteiger partial charge in [-0.3, -0.25) is 0 Å². The molecule has 9 rings (SSSR count). The zero-order valence-corrected chi connectivity index (χ0v) is 23.8. The van der Waals surface area contributed by atoms with Crippen LogP contribution in [0.15, 0.2) is 144 Å². The molecule has 3 aromatic heterocycles. The minimum atomic E-state index is -0.327. The lowest BCUT2D eigenvalue weighted by Crippen LogP contribution is -2.00. The molecule has 9 aromatic rings.